The molecule has 0 saturated heterocycles. The molecule has 1 fully saturated rings. The van der Waals surface area contributed by atoms with Gasteiger partial charge in [-0.15, -0.1) is 10.2 Å². The number of nitrogens with zero attached hydrogens (tertiary/aromatic N) is 3. The van der Waals surface area contributed by atoms with E-state index >= 15 is 0 Å². The number of nitrogens with two attached hydrogens (primary N) is 1. The van der Waals surface area contributed by atoms with Gasteiger partial charge in [-0.05, 0) is 26.7 Å². The molecule has 84 valence electrons. The molecule has 1 aromatic rings. The predicted molar refractivity (Wildman–Crippen MR) is 56.2 cm³/mol. The van der Waals surface area contributed by atoms with Crippen molar-refractivity contribution in [3.63, 3.8) is 0 Å². The smallest absolute Gasteiger partial charge is 0.165 e. The van der Waals surface area contributed by atoms with Crippen LogP contribution >= 0.6 is 0 Å². The third kappa shape index (κ3) is 1.77. The summed E-state index contributed by atoms with van der Waals surface area (Å²) in [7, 11) is 1.69. The molecule has 0 amide bonds. The van der Waals surface area contributed by atoms with Gasteiger partial charge in [-0.25, -0.2) is 0 Å². The van der Waals surface area contributed by atoms with Crippen LogP contribution < -0.4 is 5.73 Å². The third-order valence-corrected chi connectivity index (χ3v) is 2.91. The zero-order valence-corrected chi connectivity index (χ0v) is 9.53. The molecule has 0 radical (unpaired) electrons. The van der Waals surface area contributed by atoms with Gasteiger partial charge in [0.2, 0.25) is 0 Å². The molecule has 15 heavy (non-hydrogen) atoms. The van der Waals surface area contributed by atoms with Crippen LogP contribution in [0.3, 0.4) is 0 Å². The summed E-state index contributed by atoms with van der Waals surface area (Å²) < 4.78 is 7.58. The fraction of sp³-hybridized carbons (Fsp3) is 0.800. The summed E-state index contributed by atoms with van der Waals surface area (Å²) in [5.41, 5.74) is 5.25. The van der Waals surface area contributed by atoms with Crippen LogP contribution in [-0.2, 0) is 16.9 Å². The highest BCUT2D eigenvalue weighted by Crippen LogP contribution is 2.39. The first-order valence-electron chi connectivity index (χ1n) is 5.29. The average Bonchev–Trinajstić information content (AvgIpc) is 2.97. The first-order valence-corrected chi connectivity index (χ1v) is 5.29. The van der Waals surface area contributed by atoms with Crippen LogP contribution in [-0.4, -0.2) is 21.9 Å². The second kappa shape index (κ2) is 3.57. The molecule has 0 atom stereocenters. The summed E-state index contributed by atoms with van der Waals surface area (Å²) in [5.74, 6) is 1.74. The number of rotatable bonds is 4. The maximum atomic E-state index is 5.65. The molecule has 1 aromatic heterocycles. The van der Waals surface area contributed by atoms with Gasteiger partial charge in [0.25, 0.3) is 0 Å². The highest BCUT2D eigenvalue weighted by atomic mass is 16.5. The Balaban J connectivity index is 2.42. The molecular weight excluding hydrogens is 192 g/mol. The highest BCUT2D eigenvalue weighted by molar-refractivity contribution is 5.08. The fourth-order valence-corrected chi connectivity index (χ4v) is 1.68. The van der Waals surface area contributed by atoms with Gasteiger partial charge in [-0.1, -0.05) is 0 Å². The Kier molecular flexibility index (Phi) is 2.52. The number of hydrogen-bond donors (Lipinski definition) is 1. The summed E-state index contributed by atoms with van der Waals surface area (Å²) in [6.07, 6.45) is 2.38. The largest absolute Gasteiger partial charge is 0.371 e. The average molecular weight is 210 g/mol. The minimum atomic E-state index is -0.400. The van der Waals surface area contributed by atoms with E-state index in [-0.39, 0.29) is 0 Å². The Labute approximate surface area is 89.6 Å². The molecule has 0 aliphatic heterocycles. The number of ether oxygens (including phenoxy) is 1. The maximum absolute atomic E-state index is 5.65. The molecule has 0 aromatic carbocycles. The molecule has 0 spiro atoms. The van der Waals surface area contributed by atoms with E-state index in [1.807, 2.05) is 13.8 Å². The van der Waals surface area contributed by atoms with Gasteiger partial charge in [0.05, 0.1) is 6.54 Å². The van der Waals surface area contributed by atoms with Gasteiger partial charge in [-0.3, -0.25) is 0 Å². The second-order valence-electron chi connectivity index (χ2n) is 4.46. The predicted octanol–water partition coefficient (Wildman–Crippen LogP) is 0.953. The van der Waals surface area contributed by atoms with Crippen molar-refractivity contribution in [2.24, 2.45) is 5.73 Å². The zero-order valence-electron chi connectivity index (χ0n) is 9.53. The zero-order chi connectivity index (χ0) is 11.1. The fourth-order valence-electron chi connectivity index (χ4n) is 1.68. The number of methoxy groups -OCH3 is 1. The molecule has 0 unspecified atom stereocenters. The molecule has 5 heteroatoms. The summed E-state index contributed by atoms with van der Waals surface area (Å²) in [5, 5.41) is 8.32. The summed E-state index contributed by atoms with van der Waals surface area (Å²) in [6, 6.07) is 0.531. The van der Waals surface area contributed by atoms with Crippen LogP contribution in [0.25, 0.3) is 0 Å². The van der Waals surface area contributed by atoms with E-state index in [4.69, 9.17) is 10.5 Å². The SMILES string of the molecule is COC(C)(C)c1nnc(CN)n1C1CC1. The van der Waals surface area contributed by atoms with E-state index in [0.29, 0.717) is 12.6 Å². The van der Waals surface area contributed by atoms with Gasteiger partial charge in [0, 0.05) is 13.2 Å². The van der Waals surface area contributed by atoms with Crippen LogP contribution in [0, 0.1) is 0 Å². The summed E-state index contributed by atoms with van der Waals surface area (Å²) in [6.45, 7) is 4.43. The Morgan fingerprint density at radius 2 is 2.13 bits per heavy atom. The van der Waals surface area contributed by atoms with E-state index in [0.717, 1.165) is 11.6 Å². The van der Waals surface area contributed by atoms with Gasteiger partial charge in [0.1, 0.15) is 11.4 Å². The summed E-state index contributed by atoms with van der Waals surface area (Å²) >= 11 is 0. The third-order valence-electron chi connectivity index (χ3n) is 2.91. The van der Waals surface area contributed by atoms with Gasteiger partial charge in [-0.2, -0.15) is 0 Å². The number of hydrogen-bond acceptors (Lipinski definition) is 4. The molecule has 2 N–H and O–H groups in total. The number of aromatic nitrogens is 3. The van der Waals surface area contributed by atoms with Crippen molar-refractivity contribution in [3.05, 3.63) is 11.6 Å². The van der Waals surface area contributed by atoms with E-state index in [2.05, 4.69) is 14.8 Å². The lowest BCUT2D eigenvalue weighted by atomic mass is 10.1. The van der Waals surface area contributed by atoms with Crippen LogP contribution in [0.2, 0.25) is 0 Å². The van der Waals surface area contributed by atoms with Crippen molar-refractivity contribution in [1.82, 2.24) is 14.8 Å². The lowest BCUT2D eigenvalue weighted by molar-refractivity contribution is 0.00802. The minimum absolute atomic E-state index is 0.400. The molecule has 1 aliphatic rings. The minimum Gasteiger partial charge on any atom is -0.371 e. The Morgan fingerprint density at radius 3 is 2.60 bits per heavy atom. The quantitative estimate of drug-likeness (QED) is 0.803. The normalized spacial score (nSPS) is 17.1. The van der Waals surface area contributed by atoms with Crippen molar-refractivity contribution in [1.29, 1.82) is 0 Å². The Morgan fingerprint density at radius 1 is 1.47 bits per heavy atom. The van der Waals surface area contributed by atoms with Crippen LogP contribution in [0.5, 0.6) is 0 Å². The molecule has 5 nitrogen and oxygen atoms in total. The Bertz CT molecular complexity index is 354. The molecule has 1 saturated carbocycles. The van der Waals surface area contributed by atoms with Gasteiger partial charge in [0.15, 0.2) is 5.82 Å². The van der Waals surface area contributed by atoms with E-state index in [1.165, 1.54) is 12.8 Å². The summed E-state index contributed by atoms with van der Waals surface area (Å²) in [4.78, 5) is 0. The first kappa shape index (κ1) is 10.6. The molecule has 1 aliphatic carbocycles. The second-order valence-corrected chi connectivity index (χ2v) is 4.46. The van der Waals surface area contributed by atoms with Crippen molar-refractivity contribution in [2.75, 3.05) is 7.11 Å². The monoisotopic (exact) mass is 210 g/mol. The van der Waals surface area contributed by atoms with Crippen molar-refractivity contribution in [3.8, 4) is 0 Å². The molecular formula is C10H18N4O. The highest BCUT2D eigenvalue weighted by Gasteiger charge is 2.35. The van der Waals surface area contributed by atoms with Crippen molar-refractivity contribution in [2.45, 2.75) is 44.9 Å². The topological polar surface area (TPSA) is 66.0 Å². The standard InChI is InChI=1S/C10H18N4O/c1-10(2,15-3)9-13-12-8(6-11)14(9)7-4-5-7/h7H,4-6,11H2,1-3H3. The molecule has 1 heterocycles. The van der Waals surface area contributed by atoms with Crippen LogP contribution in [0.15, 0.2) is 0 Å². The van der Waals surface area contributed by atoms with Gasteiger partial charge < -0.3 is 15.0 Å². The van der Waals surface area contributed by atoms with Crippen LogP contribution in [0.1, 0.15) is 44.4 Å². The lowest BCUT2D eigenvalue weighted by Gasteiger charge is -2.23. The maximum Gasteiger partial charge on any atom is 0.165 e. The van der Waals surface area contributed by atoms with E-state index in [9.17, 15) is 0 Å². The first-order chi connectivity index (χ1) is 7.10. The lowest BCUT2D eigenvalue weighted by Crippen LogP contribution is -2.25. The molecule has 0 bridgehead atoms. The van der Waals surface area contributed by atoms with Gasteiger partial charge >= 0.3 is 0 Å². The van der Waals surface area contributed by atoms with E-state index < -0.39 is 5.60 Å². The van der Waals surface area contributed by atoms with E-state index in [1.54, 1.807) is 7.11 Å². The molecule has 2 rings (SSSR count). The van der Waals surface area contributed by atoms with Crippen LogP contribution in [0.4, 0.5) is 0 Å². The Hall–Kier alpha value is -0.940. The van der Waals surface area contributed by atoms with Crippen molar-refractivity contribution >= 4 is 0 Å². The van der Waals surface area contributed by atoms with Crippen molar-refractivity contribution < 1.29 is 4.74 Å².